The van der Waals surface area contributed by atoms with Gasteiger partial charge in [-0.2, -0.15) is 0 Å². The first-order valence-corrected chi connectivity index (χ1v) is 8.09. The van der Waals surface area contributed by atoms with Gasteiger partial charge < -0.3 is 5.32 Å². The van der Waals surface area contributed by atoms with Gasteiger partial charge >= 0.3 is 0 Å². The van der Waals surface area contributed by atoms with Gasteiger partial charge in [-0.05, 0) is 23.8 Å². The summed E-state index contributed by atoms with van der Waals surface area (Å²) in [7, 11) is -3.58. The largest absolute Gasteiger partial charge is 0.324 e. The lowest BCUT2D eigenvalue weighted by Gasteiger charge is -2.21. The number of halogens is 1. The zero-order chi connectivity index (χ0) is 14.9. The van der Waals surface area contributed by atoms with E-state index >= 15 is 0 Å². The molecule has 0 saturated carbocycles. The number of sulfonamides is 1. The Labute approximate surface area is 127 Å². The molecule has 1 aliphatic rings. The fourth-order valence-corrected chi connectivity index (χ4v) is 3.34. The van der Waals surface area contributed by atoms with E-state index in [4.69, 9.17) is 11.6 Å². The van der Waals surface area contributed by atoms with Gasteiger partial charge in [0.05, 0.1) is 12.2 Å². The van der Waals surface area contributed by atoms with Crippen LogP contribution in [0.25, 0.3) is 0 Å². The topological polar surface area (TPSA) is 70.6 Å². The van der Waals surface area contributed by atoms with Gasteiger partial charge in [0.15, 0.2) is 0 Å². The Morgan fingerprint density at radius 1 is 1.05 bits per heavy atom. The summed E-state index contributed by atoms with van der Waals surface area (Å²) in [6, 6.07) is 14.0. The molecular weight excluding hydrogens is 310 g/mol. The Morgan fingerprint density at radius 2 is 1.76 bits per heavy atom. The third-order valence-corrected chi connectivity index (χ3v) is 4.79. The molecule has 0 amide bonds. The van der Waals surface area contributed by atoms with Gasteiger partial charge in [-0.1, -0.05) is 41.9 Å². The molecule has 0 bridgehead atoms. The molecule has 3 rings (SSSR count). The molecule has 0 aromatic heterocycles. The van der Waals surface area contributed by atoms with Gasteiger partial charge in [0.1, 0.15) is 4.90 Å². The second-order valence-electron chi connectivity index (χ2n) is 4.48. The molecule has 1 heterocycles. The van der Waals surface area contributed by atoms with Crippen molar-refractivity contribution >= 4 is 33.3 Å². The number of nitrogens with zero attached hydrogens (tertiary/aromatic N) is 1. The summed E-state index contributed by atoms with van der Waals surface area (Å²) in [6.07, 6.45) is 0. The van der Waals surface area contributed by atoms with Crippen LogP contribution >= 0.6 is 11.6 Å². The van der Waals surface area contributed by atoms with Crippen LogP contribution in [0.15, 0.2) is 58.4 Å². The normalized spacial score (nSPS) is 17.7. The smallest absolute Gasteiger partial charge is 0.266 e. The average Bonchev–Trinajstić information content (AvgIpc) is 2.46. The number of hydrogen-bond donors (Lipinski definition) is 2. The van der Waals surface area contributed by atoms with E-state index in [9.17, 15) is 8.42 Å². The number of guanidine groups is 1. The first-order chi connectivity index (χ1) is 10.1. The minimum absolute atomic E-state index is 0.189. The molecule has 21 heavy (non-hydrogen) atoms. The number of fused-ring (bicyclic) bond motifs is 1. The third kappa shape index (κ3) is 2.86. The molecule has 0 radical (unpaired) electrons. The highest BCUT2D eigenvalue weighted by Gasteiger charge is 2.25. The predicted octanol–water partition coefficient (Wildman–Crippen LogP) is 2.60. The molecule has 0 spiro atoms. The van der Waals surface area contributed by atoms with E-state index in [0.717, 1.165) is 5.56 Å². The van der Waals surface area contributed by atoms with E-state index in [0.29, 0.717) is 10.7 Å². The van der Waals surface area contributed by atoms with Crippen LogP contribution in [0.5, 0.6) is 0 Å². The lowest BCUT2D eigenvalue weighted by molar-refractivity contribution is 0.591. The van der Waals surface area contributed by atoms with Gasteiger partial charge in [0.25, 0.3) is 10.0 Å². The van der Waals surface area contributed by atoms with Crippen LogP contribution in [0, 0.1) is 0 Å². The number of para-hydroxylation sites is 1. The second-order valence-corrected chi connectivity index (χ2v) is 6.54. The highest BCUT2D eigenvalue weighted by atomic mass is 35.5. The maximum absolute atomic E-state index is 12.1. The molecule has 0 saturated heterocycles. The zero-order valence-corrected chi connectivity index (χ0v) is 12.4. The van der Waals surface area contributed by atoms with Crippen molar-refractivity contribution in [2.24, 2.45) is 4.99 Å². The monoisotopic (exact) mass is 321 g/mol. The molecule has 0 fully saturated rings. The Kier molecular flexibility index (Phi) is 3.57. The molecule has 0 atom stereocenters. The van der Waals surface area contributed by atoms with Crippen LogP contribution in [0.3, 0.4) is 0 Å². The second kappa shape index (κ2) is 5.38. The summed E-state index contributed by atoms with van der Waals surface area (Å²) in [5.74, 6) is 0.189. The number of nitrogens with one attached hydrogen (secondary N) is 2. The summed E-state index contributed by atoms with van der Waals surface area (Å²) < 4.78 is 26.6. The van der Waals surface area contributed by atoms with Gasteiger partial charge in [-0.15, -0.1) is 0 Å². The van der Waals surface area contributed by atoms with E-state index in [1.54, 1.807) is 24.3 Å². The molecule has 108 valence electrons. The van der Waals surface area contributed by atoms with Crippen LogP contribution in [-0.4, -0.2) is 14.4 Å². The number of rotatable bonds is 2. The van der Waals surface area contributed by atoms with Crippen molar-refractivity contribution in [3.05, 3.63) is 59.1 Å². The van der Waals surface area contributed by atoms with E-state index in [1.807, 2.05) is 18.2 Å². The van der Waals surface area contributed by atoms with E-state index in [1.165, 1.54) is 6.07 Å². The fourth-order valence-electron chi connectivity index (χ4n) is 2.00. The lowest BCUT2D eigenvalue weighted by atomic mass is 10.2. The van der Waals surface area contributed by atoms with Crippen LogP contribution in [0.4, 0.5) is 5.69 Å². The number of anilines is 1. The quantitative estimate of drug-likeness (QED) is 0.893. The summed E-state index contributed by atoms with van der Waals surface area (Å²) >= 11 is 6.05. The van der Waals surface area contributed by atoms with Gasteiger partial charge in [0.2, 0.25) is 5.96 Å². The summed E-state index contributed by atoms with van der Waals surface area (Å²) in [5, 5.41) is 3.56. The Hall–Kier alpha value is -2.05. The van der Waals surface area contributed by atoms with Crippen molar-refractivity contribution in [1.29, 1.82) is 0 Å². The van der Waals surface area contributed by atoms with Crippen molar-refractivity contribution in [2.75, 3.05) is 5.32 Å². The van der Waals surface area contributed by atoms with Crippen molar-refractivity contribution in [3.63, 3.8) is 0 Å². The van der Waals surface area contributed by atoms with Crippen LogP contribution in [0.1, 0.15) is 5.56 Å². The van der Waals surface area contributed by atoms with Crippen molar-refractivity contribution < 1.29 is 8.42 Å². The first-order valence-electron chi connectivity index (χ1n) is 6.23. The Bertz CT molecular complexity index is 818. The molecular formula is C14H12ClN3O2S. The molecule has 7 heteroatoms. The molecule has 2 aromatic carbocycles. The standard InChI is InChI=1S/C14H12ClN3O2S/c15-11-6-2-1-5-10(11)9-16-14-17-12-7-3-4-8-13(12)21(19,20)18-14/h1-8H,9H2,(H2,16,17,18). The number of benzene rings is 2. The highest BCUT2D eigenvalue weighted by molar-refractivity contribution is 7.90. The lowest BCUT2D eigenvalue weighted by Crippen LogP contribution is -2.40. The number of aliphatic imine (C=N–C) groups is 1. The summed E-state index contributed by atoms with van der Waals surface area (Å²) in [4.78, 5) is 4.45. The number of hydrogen-bond acceptors (Lipinski definition) is 3. The average molecular weight is 322 g/mol. The van der Waals surface area contributed by atoms with Crippen LogP contribution in [-0.2, 0) is 16.6 Å². The molecule has 1 aliphatic heterocycles. The van der Waals surface area contributed by atoms with Crippen molar-refractivity contribution in [3.8, 4) is 0 Å². The zero-order valence-electron chi connectivity index (χ0n) is 10.9. The predicted molar refractivity (Wildman–Crippen MR) is 83.0 cm³/mol. The van der Waals surface area contributed by atoms with Crippen LogP contribution in [0.2, 0.25) is 5.02 Å². The molecule has 2 N–H and O–H groups in total. The van der Waals surface area contributed by atoms with Gasteiger partial charge in [0, 0.05) is 5.02 Å². The van der Waals surface area contributed by atoms with Crippen molar-refractivity contribution in [1.82, 2.24) is 4.72 Å². The van der Waals surface area contributed by atoms with Gasteiger partial charge in [-0.3, -0.25) is 0 Å². The third-order valence-electron chi connectivity index (χ3n) is 3.03. The SMILES string of the molecule is O=S1(=O)NC(=NCc2ccccc2Cl)Nc2ccccc21. The summed E-state index contributed by atoms with van der Waals surface area (Å²) in [5.41, 5.74) is 1.33. The van der Waals surface area contributed by atoms with E-state index in [2.05, 4.69) is 15.0 Å². The fraction of sp³-hybridized carbons (Fsp3) is 0.0714. The van der Waals surface area contributed by atoms with Gasteiger partial charge in [-0.25, -0.2) is 18.1 Å². The van der Waals surface area contributed by atoms with E-state index in [-0.39, 0.29) is 17.4 Å². The van der Waals surface area contributed by atoms with E-state index < -0.39 is 10.0 Å². The highest BCUT2D eigenvalue weighted by Crippen LogP contribution is 2.24. The van der Waals surface area contributed by atoms with Crippen LogP contribution < -0.4 is 10.0 Å². The minimum atomic E-state index is -3.58. The summed E-state index contributed by atoms with van der Waals surface area (Å²) in [6.45, 7) is 0.284. The van der Waals surface area contributed by atoms with Crippen molar-refractivity contribution in [2.45, 2.75) is 11.4 Å². The molecule has 0 aliphatic carbocycles. The molecule has 5 nitrogen and oxygen atoms in total. The Morgan fingerprint density at radius 3 is 2.57 bits per heavy atom. The maximum atomic E-state index is 12.1. The molecule has 0 unspecified atom stereocenters. The molecule has 2 aromatic rings. The first kappa shape index (κ1) is 13.9. The maximum Gasteiger partial charge on any atom is 0.266 e. The minimum Gasteiger partial charge on any atom is -0.324 e. The Balaban J connectivity index is 1.89.